The summed E-state index contributed by atoms with van der Waals surface area (Å²) in [6.45, 7) is 20.8. The summed E-state index contributed by atoms with van der Waals surface area (Å²) in [6.07, 6.45) is 2.24. The van der Waals surface area contributed by atoms with Crippen LogP contribution < -0.4 is 0 Å². The SMILES string of the molecule is CCC(C)[S-].CCC(C)[S-].C[C](C)C.C[C](C)C.[Sn+2]. The molecule has 0 rings (SSSR count). The van der Waals surface area contributed by atoms with Crippen molar-refractivity contribution < 1.29 is 0 Å². The molecule has 0 amide bonds. The van der Waals surface area contributed by atoms with Crippen LogP contribution in [0.1, 0.15) is 82.1 Å². The summed E-state index contributed by atoms with van der Waals surface area (Å²) < 4.78 is 0. The molecule has 0 aliphatic rings. The minimum absolute atomic E-state index is 0. The molecule has 0 saturated carbocycles. The second kappa shape index (κ2) is 27.8. The molecule has 0 bridgehead atoms. The van der Waals surface area contributed by atoms with Crippen molar-refractivity contribution in [3.05, 3.63) is 11.8 Å². The van der Waals surface area contributed by atoms with Gasteiger partial charge in [0.2, 0.25) is 0 Å². The van der Waals surface area contributed by atoms with Crippen LogP contribution in [-0.2, 0) is 25.3 Å². The van der Waals surface area contributed by atoms with Crippen molar-refractivity contribution in [2.45, 2.75) is 92.6 Å². The van der Waals surface area contributed by atoms with Gasteiger partial charge in [0.1, 0.15) is 0 Å². The fourth-order valence-electron chi connectivity index (χ4n) is 0. The zero-order valence-corrected chi connectivity index (χ0v) is 19.4. The number of hydrogen-bond acceptors (Lipinski definition) is 2. The molecule has 0 spiro atoms. The molecule has 0 N–H and O–H groups in total. The smallest absolute Gasteiger partial charge is 0.789 e. The molecule has 0 fully saturated rings. The summed E-state index contributed by atoms with van der Waals surface area (Å²) in [5.74, 6) is 2.83. The van der Waals surface area contributed by atoms with Gasteiger partial charge in [0.15, 0.2) is 0 Å². The summed E-state index contributed by atoms with van der Waals surface area (Å²) in [7, 11) is 0. The topological polar surface area (TPSA) is 0 Å². The van der Waals surface area contributed by atoms with Gasteiger partial charge in [0.25, 0.3) is 0 Å². The first-order valence-corrected chi connectivity index (χ1v) is 7.80. The van der Waals surface area contributed by atoms with E-state index in [0.29, 0.717) is 10.5 Å². The molecular formula is C16H36S2Sn. The van der Waals surface area contributed by atoms with E-state index >= 15 is 0 Å². The third-order valence-corrected chi connectivity index (χ3v) is 1.82. The first-order chi connectivity index (χ1) is 8.00. The van der Waals surface area contributed by atoms with Crippen LogP contribution >= 0.6 is 0 Å². The predicted molar refractivity (Wildman–Crippen MR) is 101 cm³/mol. The van der Waals surface area contributed by atoms with E-state index < -0.39 is 0 Å². The van der Waals surface area contributed by atoms with Crippen LogP contribution in [0.5, 0.6) is 0 Å². The van der Waals surface area contributed by atoms with Crippen molar-refractivity contribution in [1.82, 2.24) is 0 Å². The zero-order chi connectivity index (χ0) is 15.7. The molecular weight excluding hydrogens is 375 g/mol. The third kappa shape index (κ3) is 197. The standard InChI is InChI=1S/2C4H10S.2C4H9.Sn/c2*1-3-4(2)5;2*1-4(2)3;/h2*4-5H,3H2,1-2H3;2*1-3H3;/q;;;;+2/p-2. The molecule has 0 heterocycles. The molecule has 0 saturated heterocycles. The van der Waals surface area contributed by atoms with Crippen LogP contribution in [0.2, 0.25) is 0 Å². The van der Waals surface area contributed by atoms with E-state index in [-0.39, 0.29) is 23.9 Å². The minimum Gasteiger partial charge on any atom is -0.789 e. The average molecular weight is 411 g/mol. The van der Waals surface area contributed by atoms with Gasteiger partial charge in [-0.25, -0.2) is 0 Å². The Morgan fingerprint density at radius 1 is 0.684 bits per heavy atom. The number of rotatable bonds is 2. The summed E-state index contributed by atoms with van der Waals surface area (Å²) in [5.41, 5.74) is 0. The van der Waals surface area contributed by atoms with Gasteiger partial charge in [-0.2, -0.15) is 10.5 Å². The van der Waals surface area contributed by atoms with E-state index in [0.717, 1.165) is 12.8 Å². The Bertz CT molecular complexity index is 93.8. The van der Waals surface area contributed by atoms with E-state index in [1.807, 2.05) is 13.8 Å². The van der Waals surface area contributed by atoms with Crippen LogP contribution in [0.3, 0.4) is 0 Å². The van der Waals surface area contributed by atoms with Gasteiger partial charge in [-0.3, -0.25) is 0 Å². The Balaban J connectivity index is -0.0000000453. The third-order valence-electron chi connectivity index (χ3n) is 1.15. The largest absolute Gasteiger partial charge is 2.00 e. The molecule has 0 aliphatic heterocycles. The van der Waals surface area contributed by atoms with E-state index in [4.69, 9.17) is 25.3 Å². The molecule has 2 unspecified atom stereocenters. The molecule has 19 heavy (non-hydrogen) atoms. The van der Waals surface area contributed by atoms with E-state index in [1.54, 1.807) is 0 Å². The van der Waals surface area contributed by atoms with E-state index in [1.165, 1.54) is 11.8 Å². The monoisotopic (exact) mass is 412 g/mol. The molecule has 0 aromatic rings. The first-order valence-electron chi connectivity index (χ1n) is 6.86. The molecule has 0 aliphatic carbocycles. The van der Waals surface area contributed by atoms with Crippen LogP contribution in [0.25, 0.3) is 0 Å². The van der Waals surface area contributed by atoms with Gasteiger partial charge in [-0.1, -0.05) is 82.1 Å². The molecule has 4 radical (unpaired) electrons. The van der Waals surface area contributed by atoms with Gasteiger partial charge in [-0.05, 0) is 11.8 Å². The van der Waals surface area contributed by atoms with Crippen LogP contribution in [-0.4, -0.2) is 34.4 Å². The van der Waals surface area contributed by atoms with Crippen molar-refractivity contribution >= 4 is 49.2 Å². The molecule has 116 valence electrons. The van der Waals surface area contributed by atoms with Gasteiger partial charge in [0, 0.05) is 0 Å². The quantitative estimate of drug-likeness (QED) is 0.433. The molecule has 3 heteroatoms. The molecule has 0 aromatic carbocycles. The maximum Gasteiger partial charge on any atom is 2.00 e. The van der Waals surface area contributed by atoms with Crippen molar-refractivity contribution in [2.75, 3.05) is 0 Å². The average Bonchev–Trinajstić information content (AvgIpc) is 2.16. The summed E-state index contributed by atoms with van der Waals surface area (Å²) in [4.78, 5) is 0. The molecule has 0 nitrogen and oxygen atoms in total. The minimum atomic E-state index is 0. The number of hydrogen-bond donors (Lipinski definition) is 0. The zero-order valence-electron chi connectivity index (χ0n) is 14.9. The van der Waals surface area contributed by atoms with Gasteiger partial charge in [-0.15, -0.1) is 0 Å². The van der Waals surface area contributed by atoms with Crippen LogP contribution in [0.15, 0.2) is 0 Å². The fraction of sp³-hybridized carbons (Fsp3) is 0.875. The maximum atomic E-state index is 4.78. The van der Waals surface area contributed by atoms with Crippen molar-refractivity contribution in [1.29, 1.82) is 0 Å². The Kier molecular flexibility index (Phi) is 47.4. The van der Waals surface area contributed by atoms with Gasteiger partial charge in [0.05, 0.1) is 0 Å². The van der Waals surface area contributed by atoms with Gasteiger partial charge >= 0.3 is 23.9 Å². The van der Waals surface area contributed by atoms with Crippen molar-refractivity contribution in [3.8, 4) is 0 Å². The Hall–Kier alpha value is 1.50. The Morgan fingerprint density at radius 3 is 0.737 bits per heavy atom. The summed E-state index contributed by atoms with van der Waals surface area (Å²) in [5, 5.41) is 0.935. The summed E-state index contributed by atoms with van der Waals surface area (Å²) in [6, 6.07) is 0. The van der Waals surface area contributed by atoms with Gasteiger partial charge < -0.3 is 25.3 Å². The van der Waals surface area contributed by atoms with E-state index in [9.17, 15) is 0 Å². The Labute approximate surface area is 153 Å². The van der Waals surface area contributed by atoms with Crippen LogP contribution in [0.4, 0.5) is 0 Å². The van der Waals surface area contributed by atoms with Crippen molar-refractivity contribution in [2.24, 2.45) is 0 Å². The fourth-order valence-corrected chi connectivity index (χ4v) is 0. The van der Waals surface area contributed by atoms with Crippen molar-refractivity contribution in [3.63, 3.8) is 0 Å². The maximum absolute atomic E-state index is 4.78. The van der Waals surface area contributed by atoms with E-state index in [2.05, 4.69) is 55.4 Å². The normalized spacial score (nSPS) is 11.7. The summed E-state index contributed by atoms with van der Waals surface area (Å²) >= 11 is 9.56. The molecule has 2 atom stereocenters. The molecule has 0 aromatic heterocycles. The Morgan fingerprint density at radius 2 is 0.737 bits per heavy atom. The van der Waals surface area contributed by atoms with Crippen LogP contribution in [0, 0.1) is 11.8 Å². The second-order valence-corrected chi connectivity index (χ2v) is 7.05. The first kappa shape index (κ1) is 32.4. The predicted octanol–water partition coefficient (Wildman–Crippen LogP) is 5.52. The second-order valence-electron chi connectivity index (χ2n) is 5.44.